The third-order valence-corrected chi connectivity index (χ3v) is 7.15. The second-order valence-corrected chi connectivity index (χ2v) is 9.04. The molecule has 5 rings (SSSR count). The van der Waals surface area contributed by atoms with Crippen molar-refractivity contribution in [2.75, 3.05) is 45.7 Å². The fourth-order valence-corrected chi connectivity index (χ4v) is 5.35. The molecule has 0 saturated carbocycles. The van der Waals surface area contributed by atoms with Gasteiger partial charge < -0.3 is 19.7 Å². The second kappa shape index (κ2) is 8.68. The van der Waals surface area contributed by atoms with E-state index in [0.29, 0.717) is 36.2 Å². The van der Waals surface area contributed by atoms with Gasteiger partial charge in [-0.05, 0) is 37.1 Å². The van der Waals surface area contributed by atoms with Crippen molar-refractivity contribution in [2.45, 2.75) is 43.6 Å². The molecule has 0 bridgehead atoms. The smallest absolute Gasteiger partial charge is 0.410 e. The molecule has 3 atom stereocenters. The minimum Gasteiger partial charge on any atom is -0.493 e. The summed E-state index contributed by atoms with van der Waals surface area (Å²) in [5, 5.41) is 7.17. The molecule has 3 aliphatic heterocycles. The number of halogens is 3. The summed E-state index contributed by atoms with van der Waals surface area (Å²) in [6, 6.07) is 2.82. The maximum absolute atomic E-state index is 14.1. The average Bonchev–Trinajstić information content (AvgIpc) is 3.48. The van der Waals surface area contributed by atoms with Crippen molar-refractivity contribution in [1.82, 2.24) is 19.6 Å². The summed E-state index contributed by atoms with van der Waals surface area (Å²) in [4.78, 5) is 17.5. The number of alkyl halides is 3. The Kier molecular flexibility index (Phi) is 5.83. The Morgan fingerprint density at radius 2 is 1.94 bits per heavy atom. The van der Waals surface area contributed by atoms with E-state index in [-0.39, 0.29) is 23.7 Å². The number of amides is 1. The highest BCUT2D eigenvalue weighted by atomic mass is 19.4. The summed E-state index contributed by atoms with van der Waals surface area (Å²) in [6.07, 6.45) is -1.37. The Hall–Kier alpha value is -2.95. The molecule has 11 heteroatoms. The number of piperazine rings is 1. The molecule has 0 aliphatic carbocycles. The number of hydrogen-bond donors (Lipinski definition) is 1. The first-order valence-electron chi connectivity index (χ1n) is 11.5. The fraction of sp³-hybridized carbons (Fsp3) is 0.565. The lowest BCUT2D eigenvalue weighted by Gasteiger charge is -2.38. The minimum absolute atomic E-state index is 0.104. The van der Waals surface area contributed by atoms with Gasteiger partial charge in [-0.25, -0.2) is 4.68 Å². The highest BCUT2D eigenvalue weighted by molar-refractivity contribution is 5.99. The largest absolute Gasteiger partial charge is 0.493 e. The average molecular weight is 480 g/mol. The Bertz CT molecular complexity index is 1070. The van der Waals surface area contributed by atoms with Crippen molar-refractivity contribution in [2.24, 2.45) is 0 Å². The standard InChI is InChI=1S/C23H28F3N5O3/c1-33-18-6-5-14(10-19(18)34-2)17-11-20(23(24,25)26)31-21(28-17)16(12-27-31)22(32)30-9-8-29-7-3-4-15(29)13-30/h5-6,10,12,15,17,20,28H,3-4,7-9,11,13H2,1-2H3/t15-,17-,20+/m0/s1. The van der Waals surface area contributed by atoms with Crippen LogP contribution in [0.15, 0.2) is 24.4 Å². The Balaban J connectivity index is 1.47. The fourth-order valence-electron chi connectivity index (χ4n) is 5.35. The number of fused-ring (bicyclic) bond motifs is 2. The Morgan fingerprint density at radius 3 is 2.68 bits per heavy atom. The van der Waals surface area contributed by atoms with Crippen molar-refractivity contribution < 1.29 is 27.4 Å². The SMILES string of the molecule is COc1ccc([C@@H]2C[C@H](C(F)(F)F)n3ncc(C(=O)N4CCN5CCC[C@H]5C4)c3N2)cc1OC. The second-order valence-electron chi connectivity index (χ2n) is 9.04. The summed E-state index contributed by atoms with van der Waals surface area (Å²) < 4.78 is 53.7. The minimum atomic E-state index is -4.52. The maximum atomic E-state index is 14.1. The molecule has 8 nitrogen and oxygen atoms in total. The maximum Gasteiger partial charge on any atom is 0.410 e. The number of nitrogens with one attached hydrogen (secondary N) is 1. The first-order valence-corrected chi connectivity index (χ1v) is 11.5. The van der Waals surface area contributed by atoms with Crippen LogP contribution in [0, 0.1) is 0 Å². The van der Waals surface area contributed by atoms with Gasteiger partial charge in [0.25, 0.3) is 5.91 Å². The number of benzene rings is 1. The van der Waals surface area contributed by atoms with Crippen molar-refractivity contribution >= 4 is 11.7 Å². The number of carbonyl (C=O) groups is 1. The quantitative estimate of drug-likeness (QED) is 0.724. The van der Waals surface area contributed by atoms with Gasteiger partial charge in [0.2, 0.25) is 0 Å². The third-order valence-electron chi connectivity index (χ3n) is 7.15. The molecule has 1 aromatic heterocycles. The van der Waals surface area contributed by atoms with Crippen LogP contribution in [0.4, 0.5) is 19.0 Å². The van der Waals surface area contributed by atoms with Crippen LogP contribution in [-0.4, -0.2) is 78.1 Å². The van der Waals surface area contributed by atoms with Gasteiger partial charge in [0.05, 0.1) is 26.5 Å². The van der Waals surface area contributed by atoms with E-state index in [9.17, 15) is 18.0 Å². The Morgan fingerprint density at radius 1 is 1.15 bits per heavy atom. The van der Waals surface area contributed by atoms with E-state index >= 15 is 0 Å². The topological polar surface area (TPSA) is 71.9 Å². The van der Waals surface area contributed by atoms with Gasteiger partial charge in [0.15, 0.2) is 17.5 Å². The number of ether oxygens (including phenoxy) is 2. The molecule has 0 radical (unpaired) electrons. The van der Waals surface area contributed by atoms with Crippen molar-refractivity contribution in [3.8, 4) is 11.5 Å². The summed E-state index contributed by atoms with van der Waals surface area (Å²) in [6.45, 7) is 2.97. The predicted octanol–water partition coefficient (Wildman–Crippen LogP) is 3.48. The first kappa shape index (κ1) is 22.8. The number of nitrogens with zero attached hydrogens (tertiary/aromatic N) is 4. The predicted molar refractivity (Wildman–Crippen MR) is 118 cm³/mol. The van der Waals surface area contributed by atoms with E-state index in [1.165, 1.54) is 20.4 Å². The lowest BCUT2D eigenvalue weighted by Crippen LogP contribution is -2.52. The number of hydrogen-bond acceptors (Lipinski definition) is 6. The molecule has 2 aromatic rings. The lowest BCUT2D eigenvalue weighted by atomic mass is 9.96. The van der Waals surface area contributed by atoms with Crippen LogP contribution < -0.4 is 14.8 Å². The van der Waals surface area contributed by atoms with Crippen LogP contribution in [0.25, 0.3) is 0 Å². The molecule has 34 heavy (non-hydrogen) atoms. The van der Waals surface area contributed by atoms with Crippen LogP contribution in [-0.2, 0) is 0 Å². The van der Waals surface area contributed by atoms with Gasteiger partial charge in [0, 0.05) is 32.1 Å². The highest BCUT2D eigenvalue weighted by Crippen LogP contribution is 2.45. The van der Waals surface area contributed by atoms with Crippen LogP contribution in [0.3, 0.4) is 0 Å². The summed E-state index contributed by atoms with van der Waals surface area (Å²) in [5.74, 6) is 0.734. The molecular formula is C23H28F3N5O3. The molecule has 1 aromatic carbocycles. The van der Waals surface area contributed by atoms with Crippen molar-refractivity contribution in [3.05, 3.63) is 35.5 Å². The molecule has 1 amide bonds. The van der Waals surface area contributed by atoms with E-state index in [1.807, 2.05) is 0 Å². The van der Waals surface area contributed by atoms with Crippen LogP contribution in [0.5, 0.6) is 11.5 Å². The van der Waals surface area contributed by atoms with E-state index < -0.39 is 18.3 Å². The van der Waals surface area contributed by atoms with Gasteiger partial charge in [-0.3, -0.25) is 9.69 Å². The molecule has 0 unspecified atom stereocenters. The van der Waals surface area contributed by atoms with Gasteiger partial charge in [-0.15, -0.1) is 0 Å². The molecule has 2 saturated heterocycles. The normalized spacial score (nSPS) is 24.9. The molecule has 3 aliphatic rings. The Labute approximate surface area is 195 Å². The van der Waals surface area contributed by atoms with E-state index in [4.69, 9.17) is 9.47 Å². The zero-order valence-corrected chi connectivity index (χ0v) is 19.1. The van der Waals surface area contributed by atoms with Crippen LogP contribution >= 0.6 is 0 Å². The highest BCUT2D eigenvalue weighted by Gasteiger charge is 2.48. The van der Waals surface area contributed by atoms with E-state index in [0.717, 1.165) is 30.6 Å². The van der Waals surface area contributed by atoms with Gasteiger partial charge >= 0.3 is 6.18 Å². The first-order chi connectivity index (χ1) is 16.3. The van der Waals surface area contributed by atoms with E-state index in [2.05, 4.69) is 15.3 Å². The monoisotopic (exact) mass is 479 g/mol. The van der Waals surface area contributed by atoms with E-state index in [1.54, 1.807) is 23.1 Å². The molecule has 4 heterocycles. The summed E-state index contributed by atoms with van der Waals surface area (Å²) in [7, 11) is 2.97. The summed E-state index contributed by atoms with van der Waals surface area (Å²) >= 11 is 0. The third kappa shape index (κ3) is 3.95. The summed E-state index contributed by atoms with van der Waals surface area (Å²) in [5.41, 5.74) is 0.781. The van der Waals surface area contributed by atoms with Crippen LogP contribution in [0.1, 0.15) is 47.3 Å². The molecule has 1 N–H and O–H groups in total. The van der Waals surface area contributed by atoms with Crippen LogP contribution in [0.2, 0.25) is 0 Å². The molecule has 2 fully saturated rings. The number of methoxy groups -OCH3 is 2. The number of anilines is 1. The number of aromatic nitrogens is 2. The molecule has 184 valence electrons. The van der Waals surface area contributed by atoms with Gasteiger partial charge in [0.1, 0.15) is 11.4 Å². The van der Waals surface area contributed by atoms with Gasteiger partial charge in [-0.1, -0.05) is 6.07 Å². The number of carbonyl (C=O) groups excluding carboxylic acids is 1. The number of rotatable bonds is 4. The molecular weight excluding hydrogens is 451 g/mol. The van der Waals surface area contributed by atoms with Gasteiger partial charge in [-0.2, -0.15) is 18.3 Å². The van der Waals surface area contributed by atoms with Crippen molar-refractivity contribution in [1.29, 1.82) is 0 Å². The zero-order valence-electron chi connectivity index (χ0n) is 19.1. The zero-order chi connectivity index (χ0) is 24.0. The van der Waals surface area contributed by atoms with Crippen molar-refractivity contribution in [3.63, 3.8) is 0 Å². The lowest BCUT2D eigenvalue weighted by molar-refractivity contribution is -0.173. The molecule has 0 spiro atoms.